The maximum Gasteiger partial charge on any atom is 0.331 e. The number of nitrogens with zero attached hydrogens (tertiary/aromatic N) is 1. The highest BCUT2D eigenvalue weighted by Gasteiger charge is 2.36. The molecular weight excluding hydrogens is 424 g/mol. The Morgan fingerprint density at radius 1 is 0.967 bits per heavy atom. The number of halogens is 1. The van der Waals surface area contributed by atoms with Gasteiger partial charge in [0.2, 0.25) is 0 Å². The van der Waals surface area contributed by atoms with Crippen molar-refractivity contribution in [3.63, 3.8) is 0 Å². The Kier molecular flexibility index (Phi) is 5.74. The molecule has 30 heavy (non-hydrogen) atoms. The molecule has 1 fully saturated rings. The van der Waals surface area contributed by atoms with E-state index in [1.807, 2.05) is 36.4 Å². The predicted molar refractivity (Wildman–Crippen MR) is 113 cm³/mol. The Bertz CT molecular complexity index is 1120. The molecule has 2 aromatic carbocycles. The second kappa shape index (κ2) is 8.61. The van der Waals surface area contributed by atoms with E-state index in [-0.39, 0.29) is 12.1 Å². The summed E-state index contributed by atoms with van der Waals surface area (Å²) < 4.78 is 5.19. The van der Waals surface area contributed by atoms with E-state index < -0.39 is 17.8 Å². The van der Waals surface area contributed by atoms with Crippen LogP contribution in [0.4, 0.5) is 4.79 Å². The molecule has 1 saturated heterocycles. The molecule has 0 bridgehead atoms. The predicted octanol–water partition coefficient (Wildman–Crippen LogP) is 4.75. The van der Waals surface area contributed by atoms with Gasteiger partial charge in [-0.05, 0) is 60.2 Å². The molecule has 2 heterocycles. The zero-order valence-electron chi connectivity index (χ0n) is 15.5. The highest BCUT2D eigenvalue weighted by Crippen LogP contribution is 2.29. The first-order chi connectivity index (χ1) is 14.5. The van der Waals surface area contributed by atoms with Crippen molar-refractivity contribution in [1.82, 2.24) is 10.2 Å². The van der Waals surface area contributed by atoms with Gasteiger partial charge in [-0.1, -0.05) is 35.5 Å². The van der Waals surface area contributed by atoms with Gasteiger partial charge in [0, 0.05) is 14.8 Å². The van der Waals surface area contributed by atoms with Crippen molar-refractivity contribution in [3.05, 3.63) is 88.8 Å². The number of hydrogen-bond acceptors (Lipinski definition) is 5. The molecule has 0 unspecified atom stereocenters. The molecule has 0 atom stereocenters. The first kappa shape index (κ1) is 20.0. The van der Waals surface area contributed by atoms with Crippen LogP contribution in [0.25, 0.3) is 6.08 Å². The summed E-state index contributed by atoms with van der Waals surface area (Å²) in [6.07, 6.45) is 2.92. The first-order valence-corrected chi connectivity index (χ1v) is 10.1. The van der Waals surface area contributed by atoms with E-state index >= 15 is 0 Å². The summed E-state index contributed by atoms with van der Waals surface area (Å²) in [5, 5.41) is 2.87. The summed E-state index contributed by atoms with van der Waals surface area (Å²) in [6.45, 7) is -0.0566. The van der Waals surface area contributed by atoms with Crippen LogP contribution in [-0.2, 0) is 16.1 Å². The zero-order valence-corrected chi connectivity index (χ0v) is 17.1. The Balaban J connectivity index is 1.52. The molecular formula is C22H15ClN2O4S. The van der Waals surface area contributed by atoms with Crippen LogP contribution >= 0.6 is 23.4 Å². The number of carbonyl (C=O) groups is 3. The fraction of sp³-hybridized carbons (Fsp3) is 0.0455. The van der Waals surface area contributed by atoms with Crippen LogP contribution in [0.5, 0.6) is 0 Å². The Morgan fingerprint density at radius 2 is 1.63 bits per heavy atom. The smallest absolute Gasteiger partial charge is 0.331 e. The van der Waals surface area contributed by atoms with Crippen LogP contribution in [0.15, 0.2) is 86.7 Å². The lowest BCUT2D eigenvalue weighted by atomic mass is 10.1. The number of barbiturate groups is 1. The fourth-order valence-corrected chi connectivity index (χ4v) is 3.78. The number of urea groups is 1. The highest BCUT2D eigenvalue weighted by atomic mass is 35.5. The van der Waals surface area contributed by atoms with Gasteiger partial charge in [0.1, 0.15) is 11.3 Å². The molecule has 3 aromatic rings. The Hall–Kier alpha value is -3.29. The maximum atomic E-state index is 12.7. The number of hydrogen-bond donors (Lipinski definition) is 1. The van der Waals surface area contributed by atoms with Gasteiger partial charge in [-0.25, -0.2) is 4.79 Å². The van der Waals surface area contributed by atoms with Gasteiger partial charge < -0.3 is 4.42 Å². The third-order valence-electron chi connectivity index (χ3n) is 4.32. The molecule has 0 saturated carbocycles. The molecule has 1 aliphatic rings. The second-order valence-corrected chi connectivity index (χ2v) is 8.00. The number of nitrogens with one attached hydrogen (secondary N) is 1. The molecule has 0 radical (unpaired) electrons. The molecule has 1 N–H and O–H groups in total. The van der Waals surface area contributed by atoms with Gasteiger partial charge >= 0.3 is 6.03 Å². The minimum absolute atomic E-state index is 0.0566. The van der Waals surface area contributed by atoms with Crippen molar-refractivity contribution in [2.75, 3.05) is 0 Å². The lowest BCUT2D eigenvalue weighted by molar-refractivity contribution is -0.130. The van der Waals surface area contributed by atoms with Crippen LogP contribution in [0.2, 0.25) is 5.02 Å². The van der Waals surface area contributed by atoms with Crippen molar-refractivity contribution in [2.45, 2.75) is 16.3 Å². The molecule has 4 rings (SSSR count). The lowest BCUT2D eigenvalue weighted by Gasteiger charge is -2.25. The zero-order chi connectivity index (χ0) is 21.1. The summed E-state index contributed by atoms with van der Waals surface area (Å²) in [7, 11) is 0. The van der Waals surface area contributed by atoms with Crippen molar-refractivity contribution in [2.24, 2.45) is 0 Å². The molecule has 150 valence electrons. The number of furan rings is 1. The number of carbonyl (C=O) groups excluding carboxylic acids is 3. The van der Waals surface area contributed by atoms with Crippen molar-refractivity contribution < 1.29 is 18.8 Å². The van der Waals surface area contributed by atoms with Crippen molar-refractivity contribution >= 4 is 47.3 Å². The van der Waals surface area contributed by atoms with E-state index in [0.717, 1.165) is 14.7 Å². The Morgan fingerprint density at radius 3 is 2.27 bits per heavy atom. The molecule has 1 aliphatic heterocycles. The van der Waals surface area contributed by atoms with E-state index in [4.69, 9.17) is 16.0 Å². The molecule has 0 spiro atoms. The summed E-state index contributed by atoms with van der Waals surface area (Å²) in [5.74, 6) is -0.948. The quantitative estimate of drug-likeness (QED) is 0.459. The van der Waals surface area contributed by atoms with Crippen LogP contribution in [0, 0.1) is 0 Å². The monoisotopic (exact) mass is 438 g/mol. The largest absolute Gasteiger partial charge is 0.467 e. The first-order valence-electron chi connectivity index (χ1n) is 8.94. The molecule has 8 heteroatoms. The number of imide groups is 2. The van der Waals surface area contributed by atoms with E-state index in [1.54, 1.807) is 36.0 Å². The number of amides is 4. The fourth-order valence-electron chi connectivity index (χ4n) is 2.83. The van der Waals surface area contributed by atoms with Gasteiger partial charge in [-0.3, -0.25) is 19.8 Å². The van der Waals surface area contributed by atoms with Crippen LogP contribution < -0.4 is 5.32 Å². The molecule has 4 amide bonds. The highest BCUT2D eigenvalue weighted by molar-refractivity contribution is 7.99. The summed E-state index contributed by atoms with van der Waals surface area (Å²) in [5.41, 5.74) is 0.556. The van der Waals surface area contributed by atoms with E-state index in [2.05, 4.69) is 5.32 Å². The molecule has 6 nitrogen and oxygen atoms in total. The standard InChI is InChI=1S/C22H15ClN2O4S/c23-15-5-9-18(10-6-15)30-17-7-3-14(4-8-17)12-19-20(26)24-22(28)25(21(19)27)13-16-2-1-11-29-16/h1-12H,13H2,(H,24,26,28). The van der Waals surface area contributed by atoms with E-state index in [1.165, 1.54) is 12.3 Å². The maximum absolute atomic E-state index is 12.7. The SMILES string of the molecule is O=C1NC(=O)N(Cc2ccco2)C(=O)C1=Cc1ccc(Sc2ccc(Cl)cc2)cc1. The summed E-state index contributed by atoms with van der Waals surface area (Å²) in [4.78, 5) is 40.0. The van der Waals surface area contributed by atoms with Gasteiger partial charge in [0.15, 0.2) is 0 Å². The topological polar surface area (TPSA) is 79.6 Å². The van der Waals surface area contributed by atoms with Gasteiger partial charge in [-0.15, -0.1) is 0 Å². The minimum Gasteiger partial charge on any atom is -0.467 e. The van der Waals surface area contributed by atoms with Crippen LogP contribution in [0.3, 0.4) is 0 Å². The van der Waals surface area contributed by atoms with E-state index in [0.29, 0.717) is 16.3 Å². The average molecular weight is 439 g/mol. The normalized spacial score (nSPS) is 15.6. The van der Waals surface area contributed by atoms with Gasteiger partial charge in [0.25, 0.3) is 11.8 Å². The molecule has 1 aromatic heterocycles. The minimum atomic E-state index is -0.770. The van der Waals surface area contributed by atoms with Crippen LogP contribution in [0.1, 0.15) is 11.3 Å². The second-order valence-electron chi connectivity index (χ2n) is 6.41. The van der Waals surface area contributed by atoms with E-state index in [9.17, 15) is 14.4 Å². The Labute approximate surface area is 181 Å². The number of benzene rings is 2. The van der Waals surface area contributed by atoms with Crippen molar-refractivity contribution in [3.8, 4) is 0 Å². The summed E-state index contributed by atoms with van der Waals surface area (Å²) >= 11 is 7.47. The van der Waals surface area contributed by atoms with Gasteiger partial charge in [-0.2, -0.15) is 0 Å². The summed E-state index contributed by atoms with van der Waals surface area (Å²) in [6, 6.07) is 17.4. The third kappa shape index (κ3) is 4.48. The van der Waals surface area contributed by atoms with Crippen molar-refractivity contribution in [1.29, 1.82) is 0 Å². The molecule has 0 aliphatic carbocycles. The van der Waals surface area contributed by atoms with Gasteiger partial charge in [0.05, 0.1) is 12.8 Å². The lowest BCUT2D eigenvalue weighted by Crippen LogP contribution is -2.53. The third-order valence-corrected chi connectivity index (χ3v) is 5.59. The number of rotatable bonds is 5. The average Bonchev–Trinajstić information content (AvgIpc) is 3.25. The van der Waals surface area contributed by atoms with Crippen LogP contribution in [-0.4, -0.2) is 22.7 Å².